The fraction of sp³-hybridized carbons (Fsp3) is 0. The number of rotatable bonds is 5. The van der Waals surface area contributed by atoms with Crippen molar-refractivity contribution < 1.29 is 0 Å². The van der Waals surface area contributed by atoms with Crippen LogP contribution in [0.3, 0.4) is 0 Å². The first-order valence-corrected chi connectivity index (χ1v) is 15.1. The lowest BCUT2D eigenvalue weighted by Crippen LogP contribution is -2.09. The van der Waals surface area contributed by atoms with Gasteiger partial charge in [-0.3, -0.25) is 0 Å². The van der Waals surface area contributed by atoms with Gasteiger partial charge in [0, 0.05) is 37.2 Å². The third-order valence-electron chi connectivity index (χ3n) is 8.02. The highest BCUT2D eigenvalue weighted by Gasteiger charge is 2.14. The van der Waals surface area contributed by atoms with E-state index in [4.69, 9.17) is 0 Å². The van der Waals surface area contributed by atoms with Crippen LogP contribution in [0.2, 0.25) is 0 Å². The maximum Gasteiger partial charge on any atom is 0.0468 e. The SMILES string of the molecule is c1ccc(-c2cccc(-c3ccc(N(c4ccccc4)c4ccc5cc6sc7ccccc7c6cc5c4)cc3)c2)cc1. The quantitative estimate of drug-likeness (QED) is 0.205. The molecule has 8 rings (SSSR count). The van der Waals surface area contributed by atoms with Gasteiger partial charge in [-0.2, -0.15) is 0 Å². The Morgan fingerprint density at radius 2 is 0.952 bits per heavy atom. The molecular formula is C40H27NS. The van der Waals surface area contributed by atoms with Gasteiger partial charge in [-0.1, -0.05) is 103 Å². The molecule has 0 N–H and O–H groups in total. The molecule has 0 aliphatic heterocycles. The normalized spacial score (nSPS) is 11.3. The molecule has 0 unspecified atom stereocenters. The molecule has 1 heterocycles. The molecule has 8 aromatic rings. The van der Waals surface area contributed by atoms with Crippen LogP contribution in [-0.4, -0.2) is 0 Å². The van der Waals surface area contributed by atoms with Gasteiger partial charge in [0.05, 0.1) is 0 Å². The van der Waals surface area contributed by atoms with E-state index in [2.05, 4.69) is 169 Å². The highest BCUT2D eigenvalue weighted by Crippen LogP contribution is 2.40. The zero-order valence-electron chi connectivity index (χ0n) is 22.9. The molecular weight excluding hydrogens is 527 g/mol. The Morgan fingerprint density at radius 3 is 1.74 bits per heavy atom. The lowest BCUT2D eigenvalue weighted by Gasteiger charge is -2.26. The summed E-state index contributed by atoms with van der Waals surface area (Å²) in [4.78, 5) is 2.35. The minimum absolute atomic E-state index is 1.13. The summed E-state index contributed by atoms with van der Waals surface area (Å²) in [6, 6.07) is 59.2. The number of hydrogen-bond donors (Lipinski definition) is 0. The van der Waals surface area contributed by atoms with Crippen molar-refractivity contribution in [3.63, 3.8) is 0 Å². The zero-order chi connectivity index (χ0) is 27.9. The number of para-hydroxylation sites is 1. The minimum Gasteiger partial charge on any atom is -0.310 e. The van der Waals surface area contributed by atoms with Gasteiger partial charge in [-0.15, -0.1) is 11.3 Å². The lowest BCUT2D eigenvalue weighted by molar-refractivity contribution is 1.29. The van der Waals surface area contributed by atoms with Gasteiger partial charge in [-0.25, -0.2) is 0 Å². The smallest absolute Gasteiger partial charge is 0.0468 e. The van der Waals surface area contributed by atoms with Gasteiger partial charge in [0.15, 0.2) is 0 Å². The van der Waals surface area contributed by atoms with Gasteiger partial charge in [0.25, 0.3) is 0 Å². The second-order valence-electron chi connectivity index (χ2n) is 10.6. The topological polar surface area (TPSA) is 3.24 Å². The van der Waals surface area contributed by atoms with Crippen molar-refractivity contribution in [2.75, 3.05) is 4.90 Å². The number of hydrogen-bond acceptors (Lipinski definition) is 2. The van der Waals surface area contributed by atoms with Crippen molar-refractivity contribution in [2.24, 2.45) is 0 Å². The molecule has 0 atom stereocenters. The van der Waals surface area contributed by atoms with Gasteiger partial charge in [0.1, 0.15) is 0 Å². The van der Waals surface area contributed by atoms with E-state index in [0.29, 0.717) is 0 Å². The Bertz CT molecular complexity index is 2180. The summed E-state index contributed by atoms with van der Waals surface area (Å²) in [5, 5.41) is 5.17. The average Bonchev–Trinajstić information content (AvgIpc) is 3.42. The number of nitrogens with zero attached hydrogens (tertiary/aromatic N) is 1. The van der Waals surface area contributed by atoms with E-state index in [9.17, 15) is 0 Å². The second-order valence-corrected chi connectivity index (χ2v) is 11.7. The molecule has 198 valence electrons. The maximum absolute atomic E-state index is 2.36. The molecule has 0 fully saturated rings. The highest BCUT2D eigenvalue weighted by atomic mass is 32.1. The van der Waals surface area contributed by atoms with Crippen LogP contribution in [0.15, 0.2) is 164 Å². The van der Waals surface area contributed by atoms with E-state index in [-0.39, 0.29) is 0 Å². The van der Waals surface area contributed by atoms with Gasteiger partial charge in [-0.05, 0) is 93.7 Å². The first-order chi connectivity index (χ1) is 20.8. The Hall–Kier alpha value is -5.18. The molecule has 1 nitrogen and oxygen atoms in total. The molecule has 0 aliphatic rings. The summed E-state index contributed by atoms with van der Waals surface area (Å²) in [6.45, 7) is 0. The standard InChI is InChI=1S/C40H27NS/c1-3-10-28(11-4-1)30-12-9-13-31(24-30)29-18-21-35(22-19-29)41(34-14-5-2-6-15-34)36-23-20-32-27-40-38(26-33(32)25-36)37-16-7-8-17-39(37)42-40/h1-27H. The van der Waals surface area contributed by atoms with E-state index >= 15 is 0 Å². The Morgan fingerprint density at radius 1 is 0.333 bits per heavy atom. The predicted octanol–water partition coefficient (Wildman–Crippen LogP) is 12.0. The molecule has 0 spiro atoms. The predicted molar refractivity (Wildman–Crippen MR) is 182 cm³/mol. The summed E-state index contributed by atoms with van der Waals surface area (Å²) in [7, 11) is 0. The molecule has 2 heteroatoms. The third kappa shape index (κ3) is 4.43. The monoisotopic (exact) mass is 553 g/mol. The Labute approximate surface area is 249 Å². The van der Waals surface area contributed by atoms with Crippen LogP contribution in [0.25, 0.3) is 53.2 Å². The van der Waals surface area contributed by atoms with Crippen molar-refractivity contribution >= 4 is 59.3 Å². The van der Waals surface area contributed by atoms with E-state index in [1.807, 2.05) is 11.3 Å². The average molecular weight is 554 g/mol. The molecule has 42 heavy (non-hydrogen) atoms. The highest BCUT2D eigenvalue weighted by molar-refractivity contribution is 7.25. The molecule has 0 radical (unpaired) electrons. The number of benzene rings is 7. The largest absolute Gasteiger partial charge is 0.310 e. The van der Waals surface area contributed by atoms with Crippen molar-refractivity contribution in [1.29, 1.82) is 0 Å². The number of fused-ring (bicyclic) bond motifs is 4. The Balaban J connectivity index is 1.21. The zero-order valence-corrected chi connectivity index (χ0v) is 23.8. The van der Waals surface area contributed by atoms with E-state index in [1.54, 1.807) is 0 Å². The van der Waals surface area contributed by atoms with Gasteiger partial charge >= 0.3 is 0 Å². The first kappa shape index (κ1) is 24.6. The summed E-state index contributed by atoms with van der Waals surface area (Å²) in [5.74, 6) is 0. The van der Waals surface area contributed by atoms with E-state index in [0.717, 1.165) is 17.1 Å². The molecule has 1 aromatic heterocycles. The van der Waals surface area contributed by atoms with Crippen LogP contribution in [0, 0.1) is 0 Å². The van der Waals surface area contributed by atoms with Crippen molar-refractivity contribution in [2.45, 2.75) is 0 Å². The van der Waals surface area contributed by atoms with Crippen LogP contribution >= 0.6 is 11.3 Å². The van der Waals surface area contributed by atoms with E-state index < -0.39 is 0 Å². The molecule has 0 saturated carbocycles. The maximum atomic E-state index is 2.36. The van der Waals surface area contributed by atoms with Crippen molar-refractivity contribution in [3.05, 3.63) is 164 Å². The Kier molecular flexibility index (Phi) is 6.05. The van der Waals surface area contributed by atoms with Crippen molar-refractivity contribution in [1.82, 2.24) is 0 Å². The molecule has 7 aromatic carbocycles. The van der Waals surface area contributed by atoms with Crippen LogP contribution < -0.4 is 4.90 Å². The van der Waals surface area contributed by atoms with Crippen LogP contribution in [0.5, 0.6) is 0 Å². The third-order valence-corrected chi connectivity index (χ3v) is 9.15. The minimum atomic E-state index is 1.13. The second kappa shape index (κ2) is 10.3. The van der Waals surface area contributed by atoms with Crippen molar-refractivity contribution in [3.8, 4) is 22.3 Å². The number of anilines is 3. The van der Waals surface area contributed by atoms with Crippen LogP contribution in [0.4, 0.5) is 17.1 Å². The fourth-order valence-electron chi connectivity index (χ4n) is 5.93. The molecule has 0 aliphatic carbocycles. The number of thiophene rings is 1. The van der Waals surface area contributed by atoms with Crippen LogP contribution in [0.1, 0.15) is 0 Å². The van der Waals surface area contributed by atoms with Gasteiger partial charge in [0.2, 0.25) is 0 Å². The fourth-order valence-corrected chi connectivity index (χ4v) is 7.07. The summed E-state index contributed by atoms with van der Waals surface area (Å²) in [6.07, 6.45) is 0. The lowest BCUT2D eigenvalue weighted by atomic mass is 9.99. The summed E-state index contributed by atoms with van der Waals surface area (Å²) in [5.41, 5.74) is 8.29. The summed E-state index contributed by atoms with van der Waals surface area (Å²) >= 11 is 1.87. The van der Waals surface area contributed by atoms with Gasteiger partial charge < -0.3 is 4.90 Å². The first-order valence-electron chi connectivity index (χ1n) is 14.3. The van der Waals surface area contributed by atoms with Crippen LogP contribution in [-0.2, 0) is 0 Å². The van der Waals surface area contributed by atoms with E-state index in [1.165, 1.54) is 53.2 Å². The molecule has 0 amide bonds. The molecule has 0 saturated heterocycles. The summed E-state index contributed by atoms with van der Waals surface area (Å²) < 4.78 is 2.67. The molecule has 0 bridgehead atoms.